The maximum atomic E-state index is 12.9. The van der Waals surface area contributed by atoms with Crippen molar-refractivity contribution in [3.05, 3.63) is 28.5 Å². The normalized spacial score (nSPS) is 21.5. The van der Waals surface area contributed by atoms with E-state index in [0.717, 1.165) is 10.2 Å². The fourth-order valence-electron chi connectivity index (χ4n) is 2.00. The molecule has 0 spiro atoms. The first-order chi connectivity index (χ1) is 7.07. The average molecular weight is 276 g/mol. The number of rotatable bonds is 1. The van der Waals surface area contributed by atoms with Gasteiger partial charge >= 0.3 is 0 Å². The predicted molar refractivity (Wildman–Crippen MR) is 58.1 cm³/mol. The van der Waals surface area contributed by atoms with Crippen LogP contribution in [0, 0.1) is 0 Å². The summed E-state index contributed by atoms with van der Waals surface area (Å²) < 4.78 is 26.7. The topological polar surface area (TPSA) is 12.9 Å². The molecule has 0 aromatic carbocycles. The van der Waals surface area contributed by atoms with Crippen LogP contribution in [0.4, 0.5) is 8.78 Å². The van der Waals surface area contributed by atoms with Crippen LogP contribution in [0.15, 0.2) is 22.9 Å². The molecule has 0 aliphatic heterocycles. The molecule has 82 valence electrons. The number of nitrogens with zero attached hydrogens (tertiary/aromatic N) is 1. The lowest BCUT2D eigenvalue weighted by atomic mass is 9.83. The first-order valence-corrected chi connectivity index (χ1v) is 5.85. The van der Waals surface area contributed by atoms with Crippen molar-refractivity contribution in [2.75, 3.05) is 0 Å². The van der Waals surface area contributed by atoms with Gasteiger partial charge in [-0.05, 0) is 46.3 Å². The molecular formula is C11H12BrF2N. The summed E-state index contributed by atoms with van der Waals surface area (Å²) >= 11 is 3.26. The van der Waals surface area contributed by atoms with E-state index >= 15 is 0 Å². The van der Waals surface area contributed by atoms with Crippen LogP contribution in [0.2, 0.25) is 0 Å². The van der Waals surface area contributed by atoms with Crippen LogP contribution in [0.25, 0.3) is 0 Å². The molecule has 0 unspecified atom stereocenters. The van der Waals surface area contributed by atoms with E-state index in [1.807, 2.05) is 12.1 Å². The minimum absolute atomic E-state index is 0.00767. The summed E-state index contributed by atoms with van der Waals surface area (Å²) in [6.45, 7) is 0. The van der Waals surface area contributed by atoms with Gasteiger partial charge in [0.05, 0.1) is 0 Å². The van der Waals surface area contributed by atoms with Gasteiger partial charge < -0.3 is 0 Å². The maximum absolute atomic E-state index is 12.9. The molecule has 1 heterocycles. The maximum Gasteiger partial charge on any atom is 0.248 e. The van der Waals surface area contributed by atoms with Gasteiger partial charge in [-0.15, -0.1) is 0 Å². The highest BCUT2D eigenvalue weighted by Crippen LogP contribution is 2.40. The summed E-state index contributed by atoms with van der Waals surface area (Å²) in [5, 5.41) is 0. The Hall–Kier alpha value is -0.510. The lowest BCUT2D eigenvalue weighted by Gasteiger charge is -2.28. The molecule has 1 nitrogen and oxygen atoms in total. The summed E-state index contributed by atoms with van der Waals surface area (Å²) in [6.07, 6.45) is 2.92. The van der Waals surface area contributed by atoms with E-state index in [2.05, 4.69) is 20.9 Å². The van der Waals surface area contributed by atoms with Crippen molar-refractivity contribution in [1.82, 2.24) is 4.98 Å². The van der Waals surface area contributed by atoms with E-state index in [9.17, 15) is 8.78 Å². The second kappa shape index (κ2) is 4.16. The molecule has 0 atom stereocenters. The summed E-state index contributed by atoms with van der Waals surface area (Å²) in [4.78, 5) is 4.12. The molecule has 0 saturated heterocycles. The number of alkyl halides is 2. The van der Waals surface area contributed by atoms with Crippen LogP contribution in [0.1, 0.15) is 37.2 Å². The molecule has 1 fully saturated rings. The van der Waals surface area contributed by atoms with Gasteiger partial charge in [0, 0.05) is 19.0 Å². The molecule has 0 bridgehead atoms. The van der Waals surface area contributed by atoms with Crippen molar-refractivity contribution in [2.24, 2.45) is 0 Å². The van der Waals surface area contributed by atoms with E-state index in [0.29, 0.717) is 12.8 Å². The molecule has 4 heteroatoms. The summed E-state index contributed by atoms with van der Waals surface area (Å²) in [5.41, 5.74) is 1.08. The van der Waals surface area contributed by atoms with Crippen molar-refractivity contribution in [1.29, 1.82) is 0 Å². The van der Waals surface area contributed by atoms with Gasteiger partial charge in [-0.25, -0.2) is 13.8 Å². The molecule has 0 N–H and O–H groups in total. The minimum Gasteiger partial charge on any atom is -0.249 e. The Balaban J connectivity index is 2.04. The van der Waals surface area contributed by atoms with Gasteiger partial charge in [0.15, 0.2) is 0 Å². The largest absolute Gasteiger partial charge is 0.249 e. The fraction of sp³-hybridized carbons (Fsp3) is 0.545. The molecule has 15 heavy (non-hydrogen) atoms. The number of aromatic nitrogens is 1. The Morgan fingerprint density at radius 2 is 1.93 bits per heavy atom. The fourth-order valence-corrected chi connectivity index (χ4v) is 2.24. The van der Waals surface area contributed by atoms with E-state index in [-0.39, 0.29) is 18.8 Å². The first-order valence-electron chi connectivity index (χ1n) is 5.06. The Bertz CT molecular complexity index is 327. The second-order valence-electron chi connectivity index (χ2n) is 4.04. The number of halogens is 3. The van der Waals surface area contributed by atoms with Crippen LogP contribution in [-0.2, 0) is 0 Å². The van der Waals surface area contributed by atoms with Crippen molar-refractivity contribution in [2.45, 2.75) is 37.5 Å². The molecule has 1 aliphatic carbocycles. The average Bonchev–Trinajstić information content (AvgIpc) is 2.20. The van der Waals surface area contributed by atoms with Crippen LogP contribution >= 0.6 is 15.9 Å². The van der Waals surface area contributed by atoms with Gasteiger partial charge in [0.1, 0.15) is 4.60 Å². The molecular weight excluding hydrogens is 264 g/mol. The van der Waals surface area contributed by atoms with Crippen LogP contribution < -0.4 is 0 Å². The summed E-state index contributed by atoms with van der Waals surface area (Å²) in [5.74, 6) is -2.19. The molecule has 1 aromatic heterocycles. The van der Waals surface area contributed by atoms with E-state index < -0.39 is 5.92 Å². The Morgan fingerprint density at radius 3 is 2.47 bits per heavy atom. The third kappa shape index (κ3) is 2.74. The minimum atomic E-state index is -2.45. The Labute approximate surface area is 96.0 Å². The van der Waals surface area contributed by atoms with Crippen LogP contribution in [0.3, 0.4) is 0 Å². The van der Waals surface area contributed by atoms with Gasteiger partial charge in [-0.3, -0.25) is 0 Å². The Kier molecular flexibility index (Phi) is 3.05. The molecule has 2 rings (SSSR count). The van der Waals surface area contributed by atoms with Gasteiger partial charge in [-0.1, -0.05) is 6.07 Å². The number of hydrogen-bond acceptors (Lipinski definition) is 1. The van der Waals surface area contributed by atoms with Crippen molar-refractivity contribution in [3.63, 3.8) is 0 Å². The highest BCUT2D eigenvalue weighted by Gasteiger charge is 2.35. The second-order valence-corrected chi connectivity index (χ2v) is 4.86. The van der Waals surface area contributed by atoms with Gasteiger partial charge in [-0.2, -0.15) is 0 Å². The summed E-state index contributed by atoms with van der Waals surface area (Å²) in [7, 11) is 0. The highest BCUT2D eigenvalue weighted by atomic mass is 79.9. The molecule has 0 radical (unpaired) electrons. The lowest BCUT2D eigenvalue weighted by Crippen LogP contribution is -2.23. The first kappa shape index (κ1) is 11.0. The van der Waals surface area contributed by atoms with Crippen LogP contribution in [-0.4, -0.2) is 10.9 Å². The summed E-state index contributed by atoms with van der Waals surface area (Å²) in [6, 6.07) is 3.83. The monoisotopic (exact) mass is 275 g/mol. The number of pyridine rings is 1. The quantitative estimate of drug-likeness (QED) is 0.702. The van der Waals surface area contributed by atoms with Crippen molar-refractivity contribution < 1.29 is 8.78 Å². The van der Waals surface area contributed by atoms with Crippen LogP contribution in [0.5, 0.6) is 0 Å². The highest BCUT2D eigenvalue weighted by molar-refractivity contribution is 9.10. The number of hydrogen-bond donors (Lipinski definition) is 0. The van der Waals surface area contributed by atoms with Gasteiger partial charge in [0.25, 0.3) is 0 Å². The molecule has 1 saturated carbocycles. The SMILES string of the molecule is FC1(F)CCC(c2ccc(Br)nc2)CC1. The molecule has 1 aliphatic rings. The zero-order valence-corrected chi connectivity index (χ0v) is 9.80. The van der Waals surface area contributed by atoms with Gasteiger partial charge in [0.2, 0.25) is 5.92 Å². The van der Waals surface area contributed by atoms with E-state index in [1.54, 1.807) is 6.20 Å². The lowest BCUT2D eigenvalue weighted by molar-refractivity contribution is -0.0382. The van der Waals surface area contributed by atoms with E-state index in [4.69, 9.17) is 0 Å². The zero-order chi connectivity index (χ0) is 10.9. The third-order valence-corrected chi connectivity index (χ3v) is 3.41. The Morgan fingerprint density at radius 1 is 1.27 bits per heavy atom. The molecule has 0 amide bonds. The van der Waals surface area contributed by atoms with E-state index in [1.165, 1.54) is 0 Å². The van der Waals surface area contributed by atoms with Crippen molar-refractivity contribution in [3.8, 4) is 0 Å². The smallest absolute Gasteiger partial charge is 0.248 e. The predicted octanol–water partition coefficient (Wildman–Crippen LogP) is 4.14. The zero-order valence-electron chi connectivity index (χ0n) is 8.22. The standard InChI is InChI=1S/C11H12BrF2N/c12-10-2-1-9(7-15-10)8-3-5-11(13,14)6-4-8/h1-2,7-8H,3-6H2. The third-order valence-electron chi connectivity index (χ3n) is 2.94. The molecule has 1 aromatic rings. The van der Waals surface area contributed by atoms with Crippen molar-refractivity contribution >= 4 is 15.9 Å².